The predicted molar refractivity (Wildman–Crippen MR) is 92.1 cm³/mol. The van der Waals surface area contributed by atoms with E-state index in [0.717, 1.165) is 48.9 Å². The minimum Gasteiger partial charge on any atom is -0.481 e. The highest BCUT2D eigenvalue weighted by atomic mass is 35.5. The molecule has 0 radical (unpaired) electrons. The van der Waals surface area contributed by atoms with E-state index in [9.17, 15) is 0 Å². The van der Waals surface area contributed by atoms with Crippen LogP contribution in [0.5, 0.6) is 5.88 Å². The van der Waals surface area contributed by atoms with Crippen molar-refractivity contribution >= 4 is 44.2 Å². The summed E-state index contributed by atoms with van der Waals surface area (Å²) in [6.07, 6.45) is 0. The maximum Gasteiger partial charge on any atom is 0.221 e. The van der Waals surface area contributed by atoms with Crippen LogP contribution in [-0.2, 0) is 0 Å². The number of aromatic nitrogens is 2. The van der Waals surface area contributed by atoms with Crippen LogP contribution in [-0.4, -0.2) is 17.1 Å². The molecule has 0 bridgehead atoms. The molecule has 0 atom stereocenters. The van der Waals surface area contributed by atoms with Crippen LogP contribution in [0.4, 0.5) is 0 Å². The molecule has 0 saturated heterocycles. The van der Waals surface area contributed by atoms with Gasteiger partial charge in [-0.05, 0) is 31.5 Å². The number of methoxy groups -OCH3 is 1. The number of aryl methyl sites for hydroxylation is 2. The summed E-state index contributed by atoms with van der Waals surface area (Å²) in [5.74, 6) is 0.618. The standard InChI is InChI=1S/C18H15ClN2O/c1-9-10(2)20-18(22-3)13-8-12-11-6-4-5-7-14(11)21-17(12)16(19)15(9)13/h4-8,21H,1-3H3. The van der Waals surface area contributed by atoms with Crippen LogP contribution < -0.4 is 4.74 Å². The lowest BCUT2D eigenvalue weighted by atomic mass is 10.0. The molecule has 0 fully saturated rings. The number of nitrogens with zero attached hydrogens (tertiary/aromatic N) is 1. The van der Waals surface area contributed by atoms with Gasteiger partial charge in [-0.25, -0.2) is 4.98 Å². The molecule has 0 aliphatic carbocycles. The molecule has 0 aliphatic rings. The summed E-state index contributed by atoms with van der Waals surface area (Å²) in [7, 11) is 1.64. The molecule has 2 aromatic heterocycles. The Balaban J connectivity index is 2.31. The fourth-order valence-electron chi connectivity index (χ4n) is 3.11. The van der Waals surface area contributed by atoms with Gasteiger partial charge in [-0.2, -0.15) is 0 Å². The minimum atomic E-state index is 0.618. The Morgan fingerprint density at radius 3 is 2.64 bits per heavy atom. The number of ether oxygens (including phenoxy) is 1. The zero-order valence-corrected chi connectivity index (χ0v) is 13.4. The summed E-state index contributed by atoms with van der Waals surface area (Å²) < 4.78 is 5.48. The average molecular weight is 311 g/mol. The summed E-state index contributed by atoms with van der Waals surface area (Å²) in [5.41, 5.74) is 4.06. The Morgan fingerprint density at radius 1 is 1.09 bits per heavy atom. The number of nitrogens with one attached hydrogen (secondary N) is 1. The molecule has 0 spiro atoms. The van der Waals surface area contributed by atoms with Crippen molar-refractivity contribution in [1.29, 1.82) is 0 Å². The number of aromatic amines is 1. The molecule has 4 heteroatoms. The van der Waals surface area contributed by atoms with Crippen molar-refractivity contribution in [1.82, 2.24) is 9.97 Å². The third-order valence-electron chi connectivity index (χ3n) is 4.35. The molecule has 2 heterocycles. The van der Waals surface area contributed by atoms with Gasteiger partial charge in [0, 0.05) is 32.8 Å². The van der Waals surface area contributed by atoms with Crippen molar-refractivity contribution in [3.63, 3.8) is 0 Å². The highest BCUT2D eigenvalue weighted by molar-refractivity contribution is 6.42. The Morgan fingerprint density at radius 2 is 1.86 bits per heavy atom. The highest BCUT2D eigenvalue weighted by Crippen LogP contribution is 2.40. The van der Waals surface area contributed by atoms with Crippen molar-refractivity contribution in [2.75, 3.05) is 7.11 Å². The average Bonchev–Trinajstić information content (AvgIpc) is 2.90. The first-order valence-corrected chi connectivity index (χ1v) is 7.53. The molecule has 4 aromatic rings. The van der Waals surface area contributed by atoms with Crippen LogP contribution in [0.15, 0.2) is 30.3 Å². The highest BCUT2D eigenvalue weighted by Gasteiger charge is 2.17. The van der Waals surface area contributed by atoms with Gasteiger partial charge in [-0.15, -0.1) is 0 Å². The van der Waals surface area contributed by atoms with E-state index >= 15 is 0 Å². The van der Waals surface area contributed by atoms with E-state index in [0.29, 0.717) is 5.88 Å². The third kappa shape index (κ3) is 1.66. The minimum absolute atomic E-state index is 0.618. The maximum absolute atomic E-state index is 6.74. The van der Waals surface area contributed by atoms with Crippen LogP contribution in [0, 0.1) is 13.8 Å². The molecular formula is C18H15ClN2O. The Kier molecular flexibility index (Phi) is 2.81. The van der Waals surface area contributed by atoms with E-state index in [-0.39, 0.29) is 0 Å². The normalized spacial score (nSPS) is 11.6. The van der Waals surface area contributed by atoms with Gasteiger partial charge in [0.25, 0.3) is 0 Å². The van der Waals surface area contributed by atoms with Gasteiger partial charge in [0.1, 0.15) is 0 Å². The number of para-hydroxylation sites is 1. The van der Waals surface area contributed by atoms with Crippen molar-refractivity contribution in [3.8, 4) is 5.88 Å². The second kappa shape index (κ2) is 4.62. The van der Waals surface area contributed by atoms with E-state index < -0.39 is 0 Å². The lowest BCUT2D eigenvalue weighted by Gasteiger charge is -2.12. The zero-order chi connectivity index (χ0) is 15.4. The fourth-order valence-corrected chi connectivity index (χ4v) is 3.51. The Bertz CT molecular complexity index is 1050. The SMILES string of the molecule is COc1nc(C)c(C)c2c(Cl)c3[nH]c4ccccc4c3cc12. The van der Waals surface area contributed by atoms with E-state index in [4.69, 9.17) is 16.3 Å². The largest absolute Gasteiger partial charge is 0.481 e. The number of fused-ring (bicyclic) bond motifs is 4. The van der Waals surface area contributed by atoms with E-state index in [2.05, 4.69) is 28.2 Å². The van der Waals surface area contributed by atoms with E-state index in [1.165, 1.54) is 0 Å². The number of hydrogen-bond donors (Lipinski definition) is 1. The monoisotopic (exact) mass is 310 g/mol. The second-order valence-electron chi connectivity index (χ2n) is 5.54. The third-order valence-corrected chi connectivity index (χ3v) is 4.73. The lowest BCUT2D eigenvalue weighted by Crippen LogP contribution is -1.96. The van der Waals surface area contributed by atoms with Crippen LogP contribution in [0.25, 0.3) is 32.6 Å². The zero-order valence-electron chi connectivity index (χ0n) is 12.6. The molecule has 22 heavy (non-hydrogen) atoms. The van der Waals surface area contributed by atoms with Crippen LogP contribution in [0.1, 0.15) is 11.3 Å². The predicted octanol–water partition coefficient (Wildman–Crippen LogP) is 5.15. The van der Waals surface area contributed by atoms with Crippen LogP contribution >= 0.6 is 11.6 Å². The van der Waals surface area contributed by atoms with Gasteiger partial charge < -0.3 is 9.72 Å². The van der Waals surface area contributed by atoms with E-state index in [1.54, 1.807) is 7.11 Å². The van der Waals surface area contributed by atoms with Gasteiger partial charge >= 0.3 is 0 Å². The number of halogens is 1. The molecule has 0 unspecified atom stereocenters. The number of benzene rings is 2. The molecule has 0 amide bonds. The molecule has 0 aliphatic heterocycles. The summed E-state index contributed by atoms with van der Waals surface area (Å²) >= 11 is 6.74. The molecule has 4 rings (SSSR count). The quantitative estimate of drug-likeness (QED) is 0.528. The van der Waals surface area contributed by atoms with Gasteiger partial charge in [0.05, 0.1) is 17.6 Å². The van der Waals surface area contributed by atoms with Gasteiger partial charge in [0.2, 0.25) is 5.88 Å². The Hall–Kier alpha value is -2.26. The van der Waals surface area contributed by atoms with Gasteiger partial charge in [0.15, 0.2) is 0 Å². The second-order valence-corrected chi connectivity index (χ2v) is 5.92. The van der Waals surface area contributed by atoms with Crippen LogP contribution in [0.2, 0.25) is 5.02 Å². The van der Waals surface area contributed by atoms with Crippen molar-refractivity contribution in [2.24, 2.45) is 0 Å². The number of pyridine rings is 1. The van der Waals surface area contributed by atoms with Crippen molar-refractivity contribution in [2.45, 2.75) is 13.8 Å². The number of hydrogen-bond acceptors (Lipinski definition) is 2. The molecule has 3 nitrogen and oxygen atoms in total. The topological polar surface area (TPSA) is 37.9 Å². The molecular weight excluding hydrogens is 296 g/mol. The fraction of sp³-hybridized carbons (Fsp3) is 0.167. The molecule has 110 valence electrons. The van der Waals surface area contributed by atoms with Crippen molar-refractivity contribution < 1.29 is 4.74 Å². The summed E-state index contributed by atoms with van der Waals surface area (Å²) in [6.45, 7) is 4.02. The smallest absolute Gasteiger partial charge is 0.221 e. The lowest BCUT2D eigenvalue weighted by molar-refractivity contribution is 0.402. The summed E-state index contributed by atoms with van der Waals surface area (Å²) in [5, 5.41) is 4.93. The first kappa shape index (κ1) is 13.4. The maximum atomic E-state index is 6.74. The first-order chi connectivity index (χ1) is 10.6. The van der Waals surface area contributed by atoms with Crippen LogP contribution in [0.3, 0.4) is 0 Å². The number of H-pyrrole nitrogens is 1. The van der Waals surface area contributed by atoms with Gasteiger partial charge in [-0.1, -0.05) is 29.8 Å². The van der Waals surface area contributed by atoms with E-state index in [1.807, 2.05) is 26.0 Å². The first-order valence-electron chi connectivity index (χ1n) is 7.15. The molecule has 0 saturated carbocycles. The van der Waals surface area contributed by atoms with Crippen molar-refractivity contribution in [3.05, 3.63) is 46.6 Å². The van der Waals surface area contributed by atoms with Gasteiger partial charge in [-0.3, -0.25) is 0 Å². The molecule has 2 aromatic carbocycles. The number of rotatable bonds is 1. The Labute approximate surface area is 132 Å². The molecule has 1 N–H and O–H groups in total. The summed E-state index contributed by atoms with van der Waals surface area (Å²) in [6, 6.07) is 10.3. The summed E-state index contributed by atoms with van der Waals surface area (Å²) in [4.78, 5) is 7.97.